The lowest BCUT2D eigenvalue weighted by Gasteiger charge is -2.31. The molecule has 6 rings (SSSR count). The Kier molecular flexibility index (Phi) is 11.1. The summed E-state index contributed by atoms with van der Waals surface area (Å²) in [5.41, 5.74) is 8.53. The fraction of sp³-hybridized carbons (Fsp3) is 0.344. The SMILES string of the molecule is CN(C)Cc1cnc(N)[nH]1.COc1cc(OC)c(Cl)c(-c2ccc(C(=O)Nc3ncc(CN4CCN(C)CC4)[nH]3)c3nccnc23)c1F. The van der Waals surface area contributed by atoms with Gasteiger partial charge in [-0.1, -0.05) is 17.7 Å². The maximum absolute atomic E-state index is 15.4. The smallest absolute Gasteiger partial charge is 0.260 e. The van der Waals surface area contributed by atoms with Gasteiger partial charge in [-0.25, -0.2) is 14.4 Å². The molecule has 4 heterocycles. The van der Waals surface area contributed by atoms with Crippen molar-refractivity contribution in [1.29, 1.82) is 0 Å². The van der Waals surface area contributed by atoms with Gasteiger partial charge in [0.25, 0.3) is 5.91 Å². The van der Waals surface area contributed by atoms with E-state index in [1.165, 1.54) is 32.7 Å². The van der Waals surface area contributed by atoms with E-state index < -0.39 is 11.7 Å². The first-order chi connectivity index (χ1) is 23.1. The number of halogens is 2. The Balaban J connectivity index is 0.000000387. The summed E-state index contributed by atoms with van der Waals surface area (Å²) in [6.45, 7) is 5.54. The van der Waals surface area contributed by atoms with Gasteiger partial charge in [-0.3, -0.25) is 25.0 Å². The number of hydrogen-bond acceptors (Lipinski definition) is 11. The number of carbonyl (C=O) groups excluding carboxylic acids is 1. The summed E-state index contributed by atoms with van der Waals surface area (Å²) in [6.07, 6.45) is 6.40. The van der Waals surface area contributed by atoms with Crippen molar-refractivity contribution in [3.05, 3.63) is 70.8 Å². The summed E-state index contributed by atoms with van der Waals surface area (Å²) in [6, 6.07) is 4.51. The van der Waals surface area contributed by atoms with Crippen LogP contribution in [0.1, 0.15) is 21.7 Å². The van der Waals surface area contributed by atoms with E-state index in [1.54, 1.807) is 24.5 Å². The maximum Gasteiger partial charge on any atom is 0.260 e. The number of benzene rings is 2. The number of aromatic amines is 2. The quantitative estimate of drug-likeness (QED) is 0.179. The summed E-state index contributed by atoms with van der Waals surface area (Å²) in [4.78, 5) is 43.0. The lowest BCUT2D eigenvalue weighted by atomic mass is 9.99. The number of aromatic nitrogens is 6. The van der Waals surface area contributed by atoms with E-state index in [0.29, 0.717) is 23.0 Å². The van der Waals surface area contributed by atoms with Crippen molar-refractivity contribution in [2.75, 3.05) is 72.6 Å². The molecule has 5 aromatic rings. The Hall–Kier alpha value is -4.83. The molecule has 3 aromatic heterocycles. The maximum atomic E-state index is 15.4. The van der Waals surface area contributed by atoms with Crippen molar-refractivity contribution in [2.24, 2.45) is 0 Å². The molecule has 16 heteroatoms. The Bertz CT molecular complexity index is 1840. The Morgan fingerprint density at radius 3 is 2.33 bits per heavy atom. The summed E-state index contributed by atoms with van der Waals surface area (Å²) in [5, 5.41) is 2.85. The molecule has 1 aliphatic heterocycles. The number of nitrogens with zero attached hydrogens (tertiary/aromatic N) is 7. The third-order valence-corrected chi connectivity index (χ3v) is 8.07. The fourth-order valence-electron chi connectivity index (χ4n) is 5.29. The number of methoxy groups -OCH3 is 2. The predicted octanol–water partition coefficient (Wildman–Crippen LogP) is 3.88. The number of nitrogen functional groups attached to an aromatic ring is 1. The molecule has 0 unspecified atom stereocenters. The molecule has 5 N–H and O–H groups in total. The molecular weight excluding hydrogens is 641 g/mol. The molecule has 0 atom stereocenters. The second-order valence-corrected chi connectivity index (χ2v) is 11.9. The van der Waals surface area contributed by atoms with E-state index in [9.17, 15) is 4.79 Å². The Morgan fingerprint density at radius 1 is 1.00 bits per heavy atom. The van der Waals surface area contributed by atoms with Gasteiger partial charge in [0, 0.05) is 68.9 Å². The van der Waals surface area contributed by atoms with Crippen molar-refractivity contribution in [1.82, 2.24) is 44.6 Å². The first kappa shape index (κ1) is 34.5. The van der Waals surface area contributed by atoms with E-state index >= 15 is 4.39 Å². The van der Waals surface area contributed by atoms with Crippen LogP contribution in [-0.4, -0.2) is 112 Å². The molecule has 1 fully saturated rings. The number of anilines is 2. The molecule has 48 heavy (non-hydrogen) atoms. The van der Waals surface area contributed by atoms with Crippen LogP contribution in [0.5, 0.6) is 11.5 Å². The van der Waals surface area contributed by atoms with E-state index in [-0.39, 0.29) is 33.2 Å². The Morgan fingerprint density at radius 2 is 1.69 bits per heavy atom. The molecule has 0 saturated carbocycles. The molecular formula is C32H39ClFN11O3. The molecule has 1 saturated heterocycles. The molecule has 2 aromatic carbocycles. The van der Waals surface area contributed by atoms with E-state index in [0.717, 1.165) is 50.7 Å². The number of rotatable bonds is 9. The zero-order chi connectivity index (χ0) is 34.4. The third kappa shape index (κ3) is 7.99. The minimum Gasteiger partial charge on any atom is -0.495 e. The third-order valence-electron chi connectivity index (χ3n) is 7.70. The normalized spacial score (nSPS) is 13.8. The van der Waals surface area contributed by atoms with Gasteiger partial charge in [0.05, 0.1) is 54.1 Å². The van der Waals surface area contributed by atoms with Crippen LogP contribution in [-0.2, 0) is 13.1 Å². The lowest BCUT2D eigenvalue weighted by Crippen LogP contribution is -2.43. The van der Waals surface area contributed by atoms with Crippen molar-refractivity contribution in [3.8, 4) is 22.6 Å². The number of hydrogen-bond donors (Lipinski definition) is 4. The van der Waals surface area contributed by atoms with Crippen molar-refractivity contribution < 1.29 is 18.7 Å². The summed E-state index contributed by atoms with van der Waals surface area (Å²) in [5.74, 6) is -0.0961. The molecule has 0 spiro atoms. The minimum absolute atomic E-state index is 0.0368. The average Bonchev–Trinajstić information content (AvgIpc) is 3.69. The molecule has 1 aliphatic rings. The number of likely N-dealkylation sites (N-methyl/N-ethyl adjacent to an activating group) is 1. The van der Waals surface area contributed by atoms with Gasteiger partial charge >= 0.3 is 0 Å². The highest BCUT2D eigenvalue weighted by atomic mass is 35.5. The highest BCUT2D eigenvalue weighted by Crippen LogP contribution is 2.44. The van der Waals surface area contributed by atoms with Gasteiger partial charge in [-0.05, 0) is 27.2 Å². The van der Waals surface area contributed by atoms with Gasteiger partial charge in [0.1, 0.15) is 11.3 Å². The molecule has 0 aliphatic carbocycles. The Labute approximate surface area is 282 Å². The number of nitrogens with one attached hydrogen (secondary N) is 3. The number of amides is 1. The number of fused-ring (bicyclic) bond motifs is 1. The molecule has 254 valence electrons. The topological polar surface area (TPSA) is 166 Å². The monoisotopic (exact) mass is 679 g/mol. The van der Waals surface area contributed by atoms with Gasteiger partial charge in [0.2, 0.25) is 5.95 Å². The van der Waals surface area contributed by atoms with Gasteiger partial charge in [-0.2, -0.15) is 0 Å². The zero-order valence-corrected chi connectivity index (χ0v) is 28.2. The van der Waals surface area contributed by atoms with Crippen molar-refractivity contribution >= 4 is 40.4 Å². The van der Waals surface area contributed by atoms with Crippen LogP contribution < -0.4 is 20.5 Å². The minimum atomic E-state index is -0.675. The standard InChI is InChI=1S/C26H27ClFN7O3.C6H12N4/c1-34-8-10-35(11-9-34)14-15-13-31-26(32-15)33-25(36)17-5-4-16(23-24(17)30-7-6-29-23)20-21(27)18(37-2)12-19(38-3)22(20)28;1-10(2)4-5-3-8-6(7)9-5/h4-7,12-13H,8-11,14H2,1-3H3,(H2,31,32,33,36);3H,4H2,1-2H3,(H3,7,8,9). The van der Waals surface area contributed by atoms with Gasteiger partial charge in [-0.15, -0.1) is 0 Å². The average molecular weight is 680 g/mol. The van der Waals surface area contributed by atoms with Crippen LogP contribution in [0.3, 0.4) is 0 Å². The van der Waals surface area contributed by atoms with Crippen LogP contribution in [0.25, 0.3) is 22.2 Å². The highest BCUT2D eigenvalue weighted by molar-refractivity contribution is 6.35. The summed E-state index contributed by atoms with van der Waals surface area (Å²) < 4.78 is 25.9. The number of carbonyl (C=O) groups is 1. The van der Waals surface area contributed by atoms with Gasteiger partial charge < -0.3 is 35.0 Å². The summed E-state index contributed by atoms with van der Waals surface area (Å²) >= 11 is 6.50. The first-order valence-electron chi connectivity index (χ1n) is 15.1. The molecule has 1 amide bonds. The van der Waals surface area contributed by atoms with Crippen LogP contribution in [0, 0.1) is 5.82 Å². The molecule has 0 radical (unpaired) electrons. The summed E-state index contributed by atoms with van der Waals surface area (Å²) in [7, 11) is 8.89. The highest BCUT2D eigenvalue weighted by Gasteiger charge is 2.24. The second kappa shape index (κ2) is 15.4. The zero-order valence-electron chi connectivity index (χ0n) is 27.5. The second-order valence-electron chi connectivity index (χ2n) is 11.5. The van der Waals surface area contributed by atoms with E-state index in [2.05, 4.69) is 52.1 Å². The number of nitrogens with two attached hydrogens (primary N) is 1. The van der Waals surface area contributed by atoms with Crippen LogP contribution >= 0.6 is 11.6 Å². The lowest BCUT2D eigenvalue weighted by molar-refractivity contribution is 0.102. The molecule has 14 nitrogen and oxygen atoms in total. The van der Waals surface area contributed by atoms with E-state index in [1.807, 2.05) is 19.0 Å². The van der Waals surface area contributed by atoms with E-state index in [4.69, 9.17) is 26.8 Å². The van der Waals surface area contributed by atoms with Crippen LogP contribution in [0.2, 0.25) is 5.02 Å². The first-order valence-corrected chi connectivity index (χ1v) is 15.5. The number of ether oxygens (including phenoxy) is 2. The van der Waals surface area contributed by atoms with Crippen LogP contribution in [0.15, 0.2) is 43.0 Å². The van der Waals surface area contributed by atoms with Gasteiger partial charge in [0.15, 0.2) is 17.5 Å². The van der Waals surface area contributed by atoms with Crippen molar-refractivity contribution in [2.45, 2.75) is 13.1 Å². The van der Waals surface area contributed by atoms with Crippen LogP contribution in [0.4, 0.5) is 16.3 Å². The predicted molar refractivity (Wildman–Crippen MR) is 183 cm³/mol. The number of piperazine rings is 1. The number of H-pyrrole nitrogens is 2. The van der Waals surface area contributed by atoms with Crippen molar-refractivity contribution in [3.63, 3.8) is 0 Å². The fourth-order valence-corrected chi connectivity index (χ4v) is 5.60. The number of imidazole rings is 2. The largest absolute Gasteiger partial charge is 0.495 e. The molecule has 0 bridgehead atoms.